The summed E-state index contributed by atoms with van der Waals surface area (Å²) in [7, 11) is 0. The van der Waals surface area contributed by atoms with Gasteiger partial charge in [0.15, 0.2) is 0 Å². The first-order valence-corrected chi connectivity index (χ1v) is 6.40. The molecule has 0 saturated heterocycles. The van der Waals surface area contributed by atoms with Gasteiger partial charge in [0.1, 0.15) is 0 Å². The van der Waals surface area contributed by atoms with Crippen LogP contribution in [0.2, 0.25) is 0 Å². The number of hydrogen-bond donors (Lipinski definition) is 1. The fourth-order valence-electron chi connectivity index (χ4n) is 2.71. The van der Waals surface area contributed by atoms with Crippen LogP contribution in [-0.4, -0.2) is 5.91 Å². The second-order valence-electron chi connectivity index (χ2n) is 5.00. The van der Waals surface area contributed by atoms with Crippen molar-refractivity contribution in [2.24, 2.45) is 5.73 Å². The molecular weight excluding hydrogens is 255 g/mol. The van der Waals surface area contributed by atoms with Crippen LogP contribution in [0, 0.1) is 0 Å². The average Bonchev–Trinajstić information content (AvgIpc) is 2.38. The van der Waals surface area contributed by atoms with Crippen LogP contribution >= 0.6 is 0 Å². The van der Waals surface area contributed by atoms with Crippen molar-refractivity contribution < 1.29 is 18.0 Å². The summed E-state index contributed by atoms with van der Waals surface area (Å²) in [5.74, 6) is -0.646. The maximum Gasteiger partial charge on any atom is 0.416 e. The Balaban J connectivity index is 2.44. The minimum absolute atomic E-state index is 0.0125. The molecule has 0 unspecified atom stereocenters. The molecule has 19 heavy (non-hydrogen) atoms. The van der Waals surface area contributed by atoms with Gasteiger partial charge in [-0.25, -0.2) is 0 Å². The summed E-state index contributed by atoms with van der Waals surface area (Å²) in [6.45, 7) is 0. The van der Waals surface area contributed by atoms with Crippen LogP contribution < -0.4 is 5.73 Å². The number of nitrogens with two attached hydrogens (primary N) is 1. The van der Waals surface area contributed by atoms with Gasteiger partial charge in [-0.1, -0.05) is 19.3 Å². The molecule has 1 aromatic carbocycles. The molecule has 0 spiro atoms. The highest BCUT2D eigenvalue weighted by atomic mass is 19.4. The topological polar surface area (TPSA) is 43.1 Å². The van der Waals surface area contributed by atoms with E-state index in [0.717, 1.165) is 44.2 Å². The molecule has 0 bridgehead atoms. The van der Waals surface area contributed by atoms with E-state index < -0.39 is 17.6 Å². The van der Waals surface area contributed by atoms with Gasteiger partial charge >= 0.3 is 6.18 Å². The Kier molecular flexibility index (Phi) is 3.83. The van der Waals surface area contributed by atoms with Crippen LogP contribution in [0.15, 0.2) is 18.2 Å². The number of primary amides is 1. The highest BCUT2D eigenvalue weighted by Gasteiger charge is 2.32. The van der Waals surface area contributed by atoms with Gasteiger partial charge in [-0.05, 0) is 42.5 Å². The van der Waals surface area contributed by atoms with Crippen molar-refractivity contribution in [3.8, 4) is 0 Å². The van der Waals surface area contributed by atoms with E-state index in [4.69, 9.17) is 5.73 Å². The van der Waals surface area contributed by atoms with E-state index in [9.17, 15) is 18.0 Å². The number of benzene rings is 1. The molecule has 0 radical (unpaired) electrons. The molecule has 0 atom stereocenters. The third-order valence-electron chi connectivity index (χ3n) is 3.69. The molecule has 104 valence electrons. The number of carbonyl (C=O) groups excluding carboxylic acids is 1. The third kappa shape index (κ3) is 3.08. The van der Waals surface area contributed by atoms with Crippen LogP contribution in [0.3, 0.4) is 0 Å². The lowest BCUT2D eigenvalue weighted by Crippen LogP contribution is -2.18. The van der Waals surface area contributed by atoms with E-state index in [1.54, 1.807) is 0 Å². The van der Waals surface area contributed by atoms with Gasteiger partial charge < -0.3 is 5.73 Å². The predicted octanol–water partition coefficient (Wildman–Crippen LogP) is 3.85. The SMILES string of the molecule is NC(=O)c1ccc(C(F)(F)F)cc1C1CCCCC1. The molecule has 1 aliphatic carbocycles. The fourth-order valence-corrected chi connectivity index (χ4v) is 2.71. The maximum absolute atomic E-state index is 12.8. The molecule has 1 saturated carbocycles. The van der Waals surface area contributed by atoms with E-state index >= 15 is 0 Å². The largest absolute Gasteiger partial charge is 0.416 e. The Bertz CT molecular complexity index is 476. The molecule has 0 heterocycles. The molecule has 0 aliphatic heterocycles. The van der Waals surface area contributed by atoms with Crippen LogP contribution in [0.1, 0.15) is 59.5 Å². The molecule has 2 rings (SSSR count). The first-order chi connectivity index (χ1) is 8.89. The van der Waals surface area contributed by atoms with Gasteiger partial charge in [0.25, 0.3) is 0 Å². The van der Waals surface area contributed by atoms with Crippen molar-refractivity contribution in [3.63, 3.8) is 0 Å². The first kappa shape index (κ1) is 13.9. The Morgan fingerprint density at radius 1 is 1.16 bits per heavy atom. The molecule has 0 aromatic heterocycles. The second kappa shape index (κ2) is 5.23. The highest BCUT2D eigenvalue weighted by Crippen LogP contribution is 2.38. The van der Waals surface area contributed by atoms with E-state index in [1.807, 2.05) is 0 Å². The predicted molar refractivity (Wildman–Crippen MR) is 65.8 cm³/mol. The molecular formula is C14H16F3NO. The standard InChI is InChI=1S/C14H16F3NO/c15-14(16,17)10-6-7-11(13(18)19)12(8-10)9-4-2-1-3-5-9/h6-9H,1-5H2,(H2,18,19). The zero-order valence-corrected chi connectivity index (χ0v) is 10.5. The molecule has 5 heteroatoms. The van der Waals surface area contributed by atoms with E-state index in [0.29, 0.717) is 5.56 Å². The summed E-state index contributed by atoms with van der Waals surface area (Å²) in [5, 5.41) is 0. The van der Waals surface area contributed by atoms with Gasteiger partial charge in [0, 0.05) is 5.56 Å². The third-order valence-corrected chi connectivity index (χ3v) is 3.69. The molecule has 1 aliphatic rings. The molecule has 2 nitrogen and oxygen atoms in total. The number of halogens is 3. The minimum atomic E-state index is -4.39. The zero-order chi connectivity index (χ0) is 14.0. The Hall–Kier alpha value is -1.52. The lowest BCUT2D eigenvalue weighted by Gasteiger charge is -2.24. The van der Waals surface area contributed by atoms with Crippen LogP contribution in [-0.2, 0) is 6.18 Å². The summed E-state index contributed by atoms with van der Waals surface area (Å²) >= 11 is 0. The van der Waals surface area contributed by atoms with Crippen molar-refractivity contribution in [3.05, 3.63) is 34.9 Å². The number of rotatable bonds is 2. The van der Waals surface area contributed by atoms with Crippen LogP contribution in [0.5, 0.6) is 0 Å². The Labute approximate surface area is 109 Å². The van der Waals surface area contributed by atoms with Crippen molar-refractivity contribution >= 4 is 5.91 Å². The van der Waals surface area contributed by atoms with Crippen LogP contribution in [0.25, 0.3) is 0 Å². The molecule has 2 N–H and O–H groups in total. The lowest BCUT2D eigenvalue weighted by molar-refractivity contribution is -0.137. The quantitative estimate of drug-likeness (QED) is 0.872. The Morgan fingerprint density at radius 2 is 1.79 bits per heavy atom. The number of alkyl halides is 3. The van der Waals surface area contributed by atoms with Crippen molar-refractivity contribution in [2.45, 2.75) is 44.2 Å². The summed E-state index contributed by atoms with van der Waals surface area (Å²) < 4.78 is 38.3. The number of hydrogen-bond acceptors (Lipinski definition) is 1. The van der Waals surface area contributed by atoms with Crippen molar-refractivity contribution in [1.29, 1.82) is 0 Å². The van der Waals surface area contributed by atoms with Gasteiger partial charge in [-0.3, -0.25) is 4.79 Å². The normalized spacial score (nSPS) is 17.4. The Morgan fingerprint density at radius 3 is 2.32 bits per heavy atom. The van der Waals surface area contributed by atoms with Crippen molar-refractivity contribution in [2.75, 3.05) is 0 Å². The summed E-state index contributed by atoms with van der Waals surface area (Å²) in [5.41, 5.74) is 5.23. The van der Waals surface area contributed by atoms with E-state index in [1.165, 1.54) is 6.07 Å². The summed E-state index contributed by atoms with van der Waals surface area (Å²) in [4.78, 5) is 11.4. The summed E-state index contributed by atoms with van der Waals surface area (Å²) in [6.07, 6.45) is 0.322. The average molecular weight is 271 g/mol. The molecule has 1 aromatic rings. The monoisotopic (exact) mass is 271 g/mol. The van der Waals surface area contributed by atoms with Gasteiger partial charge in [-0.2, -0.15) is 13.2 Å². The van der Waals surface area contributed by atoms with Gasteiger partial charge in [0.2, 0.25) is 5.91 Å². The minimum Gasteiger partial charge on any atom is -0.366 e. The zero-order valence-electron chi connectivity index (χ0n) is 10.5. The number of carbonyl (C=O) groups is 1. The van der Waals surface area contributed by atoms with E-state index in [2.05, 4.69) is 0 Å². The number of amides is 1. The highest BCUT2D eigenvalue weighted by molar-refractivity contribution is 5.94. The van der Waals surface area contributed by atoms with Gasteiger partial charge in [-0.15, -0.1) is 0 Å². The van der Waals surface area contributed by atoms with Gasteiger partial charge in [0.05, 0.1) is 5.56 Å². The summed E-state index contributed by atoms with van der Waals surface area (Å²) in [6, 6.07) is 3.22. The van der Waals surface area contributed by atoms with Crippen LogP contribution in [0.4, 0.5) is 13.2 Å². The maximum atomic E-state index is 12.8. The lowest BCUT2D eigenvalue weighted by atomic mass is 9.81. The smallest absolute Gasteiger partial charge is 0.366 e. The first-order valence-electron chi connectivity index (χ1n) is 6.40. The van der Waals surface area contributed by atoms with Crippen molar-refractivity contribution in [1.82, 2.24) is 0 Å². The second-order valence-corrected chi connectivity index (χ2v) is 5.00. The molecule has 1 amide bonds. The molecule has 1 fully saturated rings. The van der Waals surface area contributed by atoms with E-state index in [-0.39, 0.29) is 11.5 Å². The fraction of sp³-hybridized carbons (Fsp3) is 0.500.